The molecular formula is C15H18BrN3O2. The van der Waals surface area contributed by atoms with Crippen molar-refractivity contribution >= 4 is 15.9 Å². The summed E-state index contributed by atoms with van der Waals surface area (Å²) < 4.78 is 14.4. The molecule has 1 atom stereocenters. The van der Waals surface area contributed by atoms with Gasteiger partial charge in [-0.3, -0.25) is 4.68 Å². The van der Waals surface area contributed by atoms with Gasteiger partial charge in [0, 0.05) is 18.2 Å². The number of aryl methyl sites for hydroxylation is 2. The molecule has 0 spiro atoms. The predicted octanol–water partition coefficient (Wildman–Crippen LogP) is 2.95. The molecule has 5 nitrogen and oxygen atoms in total. The van der Waals surface area contributed by atoms with Crippen molar-refractivity contribution < 1.29 is 9.47 Å². The van der Waals surface area contributed by atoms with Crippen LogP contribution in [0.1, 0.15) is 29.9 Å². The number of hydrogen-bond donors (Lipinski definition) is 1. The first kappa shape index (κ1) is 14.4. The number of rotatable bonds is 4. The van der Waals surface area contributed by atoms with Crippen LogP contribution in [0.4, 0.5) is 0 Å². The van der Waals surface area contributed by atoms with Crippen LogP contribution in [0.5, 0.6) is 11.5 Å². The van der Waals surface area contributed by atoms with Crippen LogP contribution in [-0.2, 0) is 13.2 Å². The van der Waals surface area contributed by atoms with Gasteiger partial charge in [0.15, 0.2) is 0 Å². The normalized spacial score (nSPS) is 16.7. The molecule has 2 aromatic rings. The molecule has 0 aliphatic carbocycles. The lowest BCUT2D eigenvalue weighted by molar-refractivity contribution is 0.288. The highest BCUT2D eigenvalue weighted by Gasteiger charge is 2.21. The fourth-order valence-corrected chi connectivity index (χ4v) is 2.86. The van der Waals surface area contributed by atoms with Crippen LogP contribution in [0.25, 0.3) is 0 Å². The Morgan fingerprint density at radius 2 is 2.33 bits per heavy atom. The van der Waals surface area contributed by atoms with Gasteiger partial charge < -0.3 is 15.2 Å². The minimum Gasteiger partial charge on any atom is -0.491 e. The predicted molar refractivity (Wildman–Crippen MR) is 83.5 cm³/mol. The van der Waals surface area contributed by atoms with E-state index in [2.05, 4.69) is 28.0 Å². The van der Waals surface area contributed by atoms with Crippen LogP contribution in [0.2, 0.25) is 0 Å². The van der Waals surface area contributed by atoms with Gasteiger partial charge in [0.05, 0.1) is 21.9 Å². The summed E-state index contributed by atoms with van der Waals surface area (Å²) in [6.45, 7) is 5.84. The number of fused-ring (bicyclic) bond motifs is 1. The standard InChI is InChI=1S/C15H18BrN3O2/c1-3-19-13(15(16)9(2)18-19)8-20-10-4-5-11-12(17)7-21-14(11)6-10/h4-6,12H,3,7-8,17H2,1-2H3. The molecule has 1 unspecified atom stereocenters. The Bertz CT molecular complexity index is 669. The quantitative estimate of drug-likeness (QED) is 0.919. The van der Waals surface area contributed by atoms with Gasteiger partial charge >= 0.3 is 0 Å². The van der Waals surface area contributed by atoms with Gasteiger partial charge in [0.2, 0.25) is 0 Å². The third kappa shape index (κ3) is 2.65. The third-order valence-corrected chi connectivity index (χ3v) is 4.66. The Morgan fingerprint density at radius 3 is 3.10 bits per heavy atom. The largest absolute Gasteiger partial charge is 0.491 e. The van der Waals surface area contributed by atoms with E-state index in [1.807, 2.05) is 29.8 Å². The third-order valence-electron chi connectivity index (χ3n) is 3.63. The molecule has 21 heavy (non-hydrogen) atoms. The maximum Gasteiger partial charge on any atom is 0.131 e. The van der Waals surface area contributed by atoms with Crippen molar-refractivity contribution in [1.82, 2.24) is 9.78 Å². The number of hydrogen-bond acceptors (Lipinski definition) is 4. The van der Waals surface area contributed by atoms with Crippen molar-refractivity contribution in [3.05, 3.63) is 39.6 Å². The molecular weight excluding hydrogens is 334 g/mol. The Labute approximate surface area is 132 Å². The van der Waals surface area contributed by atoms with E-state index < -0.39 is 0 Å². The number of halogens is 1. The molecule has 1 aliphatic rings. The number of aromatic nitrogens is 2. The molecule has 0 fully saturated rings. The fraction of sp³-hybridized carbons (Fsp3) is 0.400. The molecule has 1 aliphatic heterocycles. The molecule has 0 saturated heterocycles. The monoisotopic (exact) mass is 351 g/mol. The van der Waals surface area contributed by atoms with E-state index in [0.29, 0.717) is 13.2 Å². The van der Waals surface area contributed by atoms with Crippen molar-refractivity contribution in [2.75, 3.05) is 6.61 Å². The summed E-state index contributed by atoms with van der Waals surface area (Å²) in [4.78, 5) is 0. The van der Waals surface area contributed by atoms with Crippen molar-refractivity contribution in [3.63, 3.8) is 0 Å². The van der Waals surface area contributed by atoms with Gasteiger partial charge in [0.1, 0.15) is 24.7 Å². The lowest BCUT2D eigenvalue weighted by atomic mass is 10.1. The highest BCUT2D eigenvalue weighted by Crippen LogP contribution is 2.34. The van der Waals surface area contributed by atoms with E-state index in [-0.39, 0.29) is 6.04 Å². The Kier molecular flexibility index (Phi) is 3.91. The van der Waals surface area contributed by atoms with Gasteiger partial charge in [-0.05, 0) is 41.9 Å². The van der Waals surface area contributed by atoms with E-state index in [4.69, 9.17) is 15.2 Å². The molecule has 2 N–H and O–H groups in total. The van der Waals surface area contributed by atoms with Crippen LogP contribution in [0, 0.1) is 6.92 Å². The lowest BCUT2D eigenvalue weighted by Gasteiger charge is -2.10. The van der Waals surface area contributed by atoms with Gasteiger partial charge in [0.25, 0.3) is 0 Å². The van der Waals surface area contributed by atoms with Crippen LogP contribution >= 0.6 is 15.9 Å². The second kappa shape index (κ2) is 5.69. The zero-order valence-electron chi connectivity index (χ0n) is 12.1. The summed E-state index contributed by atoms with van der Waals surface area (Å²) in [6.07, 6.45) is 0. The van der Waals surface area contributed by atoms with Crippen molar-refractivity contribution in [2.24, 2.45) is 5.73 Å². The van der Waals surface area contributed by atoms with E-state index >= 15 is 0 Å². The highest BCUT2D eigenvalue weighted by molar-refractivity contribution is 9.10. The van der Waals surface area contributed by atoms with Gasteiger partial charge in [-0.2, -0.15) is 5.10 Å². The molecule has 0 bridgehead atoms. The molecule has 0 radical (unpaired) electrons. The molecule has 1 aromatic carbocycles. The minimum atomic E-state index is -0.0348. The van der Waals surface area contributed by atoms with E-state index in [0.717, 1.165) is 39.5 Å². The molecule has 3 rings (SSSR count). The van der Waals surface area contributed by atoms with E-state index in [1.165, 1.54) is 0 Å². The molecule has 6 heteroatoms. The summed E-state index contributed by atoms with van der Waals surface area (Å²) in [7, 11) is 0. The second-order valence-corrected chi connectivity index (χ2v) is 5.86. The van der Waals surface area contributed by atoms with Gasteiger partial charge in [-0.15, -0.1) is 0 Å². The minimum absolute atomic E-state index is 0.0348. The Balaban J connectivity index is 1.77. The first-order valence-electron chi connectivity index (χ1n) is 6.97. The SMILES string of the molecule is CCn1nc(C)c(Br)c1COc1ccc2c(c1)OCC2N. The number of benzene rings is 1. The number of nitrogens with two attached hydrogens (primary N) is 1. The van der Waals surface area contributed by atoms with Crippen molar-refractivity contribution in [2.45, 2.75) is 33.0 Å². The average Bonchev–Trinajstić information content (AvgIpc) is 2.98. The van der Waals surface area contributed by atoms with Crippen LogP contribution < -0.4 is 15.2 Å². The zero-order valence-corrected chi connectivity index (χ0v) is 13.7. The van der Waals surface area contributed by atoms with E-state index in [1.54, 1.807) is 0 Å². The topological polar surface area (TPSA) is 62.3 Å². The number of nitrogens with zero attached hydrogens (tertiary/aromatic N) is 2. The Morgan fingerprint density at radius 1 is 1.52 bits per heavy atom. The zero-order chi connectivity index (χ0) is 15.0. The summed E-state index contributed by atoms with van der Waals surface area (Å²) >= 11 is 3.57. The van der Waals surface area contributed by atoms with Crippen molar-refractivity contribution in [3.8, 4) is 11.5 Å². The first-order chi connectivity index (χ1) is 10.1. The first-order valence-corrected chi connectivity index (χ1v) is 7.76. The molecule has 112 valence electrons. The van der Waals surface area contributed by atoms with Crippen LogP contribution in [0.15, 0.2) is 22.7 Å². The maximum atomic E-state index is 5.94. The summed E-state index contributed by atoms with van der Waals surface area (Å²) in [5.41, 5.74) is 8.98. The van der Waals surface area contributed by atoms with Crippen LogP contribution in [0.3, 0.4) is 0 Å². The summed E-state index contributed by atoms with van der Waals surface area (Å²) in [5, 5.41) is 4.46. The molecule has 2 heterocycles. The smallest absolute Gasteiger partial charge is 0.131 e. The number of ether oxygens (including phenoxy) is 2. The fourth-order valence-electron chi connectivity index (χ4n) is 2.46. The average molecular weight is 352 g/mol. The molecule has 0 amide bonds. The van der Waals surface area contributed by atoms with Gasteiger partial charge in [-0.1, -0.05) is 0 Å². The van der Waals surface area contributed by atoms with Gasteiger partial charge in [-0.25, -0.2) is 0 Å². The van der Waals surface area contributed by atoms with Crippen molar-refractivity contribution in [1.29, 1.82) is 0 Å². The molecule has 0 saturated carbocycles. The van der Waals surface area contributed by atoms with Crippen LogP contribution in [-0.4, -0.2) is 16.4 Å². The highest BCUT2D eigenvalue weighted by atomic mass is 79.9. The second-order valence-electron chi connectivity index (χ2n) is 5.07. The summed E-state index contributed by atoms with van der Waals surface area (Å²) in [6, 6.07) is 5.77. The lowest BCUT2D eigenvalue weighted by Crippen LogP contribution is -2.10. The summed E-state index contributed by atoms with van der Waals surface area (Å²) in [5.74, 6) is 1.59. The Hall–Kier alpha value is -1.53. The van der Waals surface area contributed by atoms with E-state index in [9.17, 15) is 0 Å². The molecule has 1 aromatic heterocycles. The maximum absolute atomic E-state index is 5.94.